The number of aromatic nitrogens is 3. The van der Waals surface area contributed by atoms with Gasteiger partial charge in [-0.15, -0.1) is 0 Å². The fraction of sp³-hybridized carbons (Fsp3) is 0.148. The van der Waals surface area contributed by atoms with Crippen LogP contribution in [0.1, 0.15) is 22.3 Å². The van der Waals surface area contributed by atoms with Crippen LogP contribution in [0.25, 0.3) is 0 Å². The molecular formula is C27H24FN5O3S. The van der Waals surface area contributed by atoms with E-state index in [-0.39, 0.29) is 16.2 Å². The van der Waals surface area contributed by atoms with Gasteiger partial charge in [-0.1, -0.05) is 17.9 Å². The van der Waals surface area contributed by atoms with Crippen molar-refractivity contribution in [3.63, 3.8) is 0 Å². The van der Waals surface area contributed by atoms with Crippen molar-refractivity contribution in [3.05, 3.63) is 107 Å². The van der Waals surface area contributed by atoms with E-state index in [2.05, 4.69) is 32.6 Å². The van der Waals surface area contributed by atoms with Crippen molar-refractivity contribution < 1.29 is 17.6 Å². The molecule has 0 fully saturated rings. The molecule has 0 aliphatic heterocycles. The summed E-state index contributed by atoms with van der Waals surface area (Å²) in [6.07, 6.45) is 7.15. The van der Waals surface area contributed by atoms with Gasteiger partial charge in [-0.3, -0.25) is 9.67 Å². The smallest absolute Gasteiger partial charge is 0.319 e. The number of aryl methyl sites for hydroxylation is 1. The molecule has 10 heteroatoms. The highest BCUT2D eigenvalue weighted by Gasteiger charge is 2.20. The molecule has 0 aliphatic carbocycles. The maximum absolute atomic E-state index is 13.3. The number of carbonyl (C=O) groups is 1. The third-order valence-corrected chi connectivity index (χ3v) is 7.03. The van der Waals surface area contributed by atoms with Gasteiger partial charge in [0.05, 0.1) is 16.8 Å². The van der Waals surface area contributed by atoms with Gasteiger partial charge in [0, 0.05) is 54.6 Å². The minimum Gasteiger partial charge on any atom is -0.338 e. The zero-order valence-electron chi connectivity index (χ0n) is 20.0. The summed E-state index contributed by atoms with van der Waals surface area (Å²) in [4.78, 5) is 16.5. The van der Waals surface area contributed by atoms with E-state index in [0.29, 0.717) is 29.8 Å². The van der Waals surface area contributed by atoms with E-state index in [0.717, 1.165) is 5.56 Å². The second kappa shape index (κ2) is 11.5. The van der Waals surface area contributed by atoms with Crippen molar-refractivity contribution in [2.24, 2.45) is 7.05 Å². The minimum atomic E-state index is -3.78. The lowest BCUT2D eigenvalue weighted by atomic mass is 10.1. The number of hydrogen-bond acceptors (Lipinski definition) is 5. The summed E-state index contributed by atoms with van der Waals surface area (Å²) in [6, 6.07) is 13.3. The first-order chi connectivity index (χ1) is 17.8. The predicted molar refractivity (Wildman–Crippen MR) is 138 cm³/mol. The molecule has 4 rings (SSSR count). The third-order valence-electron chi connectivity index (χ3n) is 5.30. The number of carbonyl (C=O) groups excluding carboxylic acids is 1. The van der Waals surface area contributed by atoms with Crippen molar-refractivity contribution in [1.29, 1.82) is 0 Å². The summed E-state index contributed by atoms with van der Waals surface area (Å²) in [6.45, 7) is 0.395. The van der Waals surface area contributed by atoms with Crippen LogP contribution >= 0.6 is 0 Å². The molecule has 8 nitrogen and oxygen atoms in total. The summed E-state index contributed by atoms with van der Waals surface area (Å²) < 4.78 is 41.3. The Labute approximate surface area is 214 Å². The number of halogens is 1. The minimum absolute atomic E-state index is 0.0218. The van der Waals surface area contributed by atoms with Gasteiger partial charge in [-0.25, -0.2) is 17.6 Å². The normalized spacial score (nSPS) is 10.9. The van der Waals surface area contributed by atoms with Crippen LogP contribution in [0.3, 0.4) is 0 Å². The van der Waals surface area contributed by atoms with Gasteiger partial charge in [0.15, 0.2) is 9.84 Å². The SMILES string of the molecule is Cn1cc(CS(=O)(=O)c2ccc(NC(=O)NCCc3cccnc3)cc2C#Cc2ccc(F)cc2)cn1. The topological polar surface area (TPSA) is 106 Å². The Morgan fingerprint density at radius 3 is 2.57 bits per heavy atom. The second-order valence-electron chi connectivity index (χ2n) is 8.24. The van der Waals surface area contributed by atoms with Crippen molar-refractivity contribution in [2.45, 2.75) is 17.1 Å². The predicted octanol–water partition coefficient (Wildman–Crippen LogP) is 3.69. The zero-order chi connectivity index (χ0) is 26.3. The standard InChI is InChI=1S/C27H24FN5O3S/c1-33-18-22(17-31-33)19-37(35,36)26-11-10-25(15-23(26)7-4-20-5-8-24(28)9-6-20)32-27(34)30-14-12-21-3-2-13-29-16-21/h2-3,5-6,8-11,13,15-18H,12,14,19H2,1H3,(H2,30,32,34). The summed E-state index contributed by atoms with van der Waals surface area (Å²) >= 11 is 0. The largest absolute Gasteiger partial charge is 0.338 e. The summed E-state index contributed by atoms with van der Waals surface area (Å²) in [5.41, 5.74) is 2.63. The molecular weight excluding hydrogens is 493 g/mol. The van der Waals surface area contributed by atoms with Crippen LogP contribution in [0.5, 0.6) is 0 Å². The maximum Gasteiger partial charge on any atom is 0.319 e. The maximum atomic E-state index is 13.3. The molecule has 188 valence electrons. The number of rotatable bonds is 7. The number of pyridine rings is 1. The summed E-state index contributed by atoms with van der Waals surface area (Å²) in [7, 11) is -2.08. The van der Waals surface area contributed by atoms with Gasteiger partial charge < -0.3 is 10.6 Å². The first kappa shape index (κ1) is 25.6. The molecule has 2 heterocycles. The molecule has 0 atom stereocenters. The van der Waals surface area contributed by atoms with Gasteiger partial charge in [-0.05, 0) is 60.5 Å². The molecule has 0 aliphatic rings. The molecule has 2 N–H and O–H groups in total. The third kappa shape index (κ3) is 7.25. The quantitative estimate of drug-likeness (QED) is 0.364. The molecule has 0 spiro atoms. The Balaban J connectivity index is 1.55. The number of nitrogens with one attached hydrogen (secondary N) is 2. The summed E-state index contributed by atoms with van der Waals surface area (Å²) in [5, 5.41) is 9.51. The highest BCUT2D eigenvalue weighted by atomic mass is 32.2. The zero-order valence-corrected chi connectivity index (χ0v) is 20.8. The average Bonchev–Trinajstić information content (AvgIpc) is 3.28. The highest BCUT2D eigenvalue weighted by molar-refractivity contribution is 7.90. The number of hydrogen-bond donors (Lipinski definition) is 2. The average molecular weight is 518 g/mol. The molecule has 2 aromatic heterocycles. The van der Waals surface area contributed by atoms with Crippen LogP contribution in [0.15, 0.2) is 84.3 Å². The van der Waals surface area contributed by atoms with Crippen molar-refractivity contribution in [2.75, 3.05) is 11.9 Å². The lowest BCUT2D eigenvalue weighted by Crippen LogP contribution is -2.30. The Bertz CT molecular complexity index is 1560. The number of nitrogens with zero attached hydrogens (tertiary/aromatic N) is 3. The Hall–Kier alpha value is -4.49. The number of sulfone groups is 1. The van der Waals surface area contributed by atoms with Crippen LogP contribution < -0.4 is 10.6 Å². The van der Waals surface area contributed by atoms with Crippen LogP contribution in [0.4, 0.5) is 14.9 Å². The number of urea groups is 1. The Morgan fingerprint density at radius 2 is 1.86 bits per heavy atom. The molecule has 0 bridgehead atoms. The van der Waals surface area contributed by atoms with Gasteiger partial charge in [0.1, 0.15) is 5.82 Å². The molecule has 2 amide bonds. The van der Waals surface area contributed by atoms with Gasteiger partial charge >= 0.3 is 6.03 Å². The van der Waals surface area contributed by atoms with E-state index in [9.17, 15) is 17.6 Å². The second-order valence-corrected chi connectivity index (χ2v) is 10.2. The van der Waals surface area contributed by atoms with E-state index >= 15 is 0 Å². The van der Waals surface area contributed by atoms with E-state index in [4.69, 9.17) is 0 Å². The Kier molecular flexibility index (Phi) is 7.95. The van der Waals surface area contributed by atoms with Crippen LogP contribution in [-0.4, -0.2) is 35.8 Å². The van der Waals surface area contributed by atoms with E-state index < -0.39 is 21.7 Å². The van der Waals surface area contributed by atoms with Crippen LogP contribution in [-0.2, 0) is 29.1 Å². The first-order valence-electron chi connectivity index (χ1n) is 11.3. The lowest BCUT2D eigenvalue weighted by Gasteiger charge is -2.11. The lowest BCUT2D eigenvalue weighted by molar-refractivity contribution is 0.252. The molecule has 37 heavy (non-hydrogen) atoms. The number of benzene rings is 2. The fourth-order valence-electron chi connectivity index (χ4n) is 3.53. The highest BCUT2D eigenvalue weighted by Crippen LogP contribution is 2.24. The molecule has 2 aromatic carbocycles. The van der Waals surface area contributed by atoms with Crippen molar-refractivity contribution >= 4 is 21.6 Å². The van der Waals surface area contributed by atoms with E-state index in [1.54, 1.807) is 25.6 Å². The molecule has 0 saturated carbocycles. The van der Waals surface area contributed by atoms with Crippen molar-refractivity contribution in [3.8, 4) is 11.8 Å². The monoisotopic (exact) mass is 517 g/mol. The molecule has 0 unspecified atom stereocenters. The molecule has 4 aromatic rings. The van der Waals surface area contributed by atoms with Gasteiger partial charge in [-0.2, -0.15) is 5.10 Å². The van der Waals surface area contributed by atoms with Crippen molar-refractivity contribution in [1.82, 2.24) is 20.1 Å². The first-order valence-corrected chi connectivity index (χ1v) is 13.0. The summed E-state index contributed by atoms with van der Waals surface area (Å²) in [5.74, 6) is 5.09. The fourth-order valence-corrected chi connectivity index (χ4v) is 5.00. The Morgan fingerprint density at radius 1 is 1.05 bits per heavy atom. The van der Waals surface area contributed by atoms with Gasteiger partial charge in [0.25, 0.3) is 0 Å². The number of amides is 2. The number of anilines is 1. The van der Waals surface area contributed by atoms with E-state index in [1.807, 2.05) is 12.1 Å². The van der Waals surface area contributed by atoms with E-state index in [1.165, 1.54) is 53.3 Å². The molecule has 0 saturated heterocycles. The van der Waals surface area contributed by atoms with Crippen LogP contribution in [0.2, 0.25) is 0 Å². The van der Waals surface area contributed by atoms with Gasteiger partial charge in [0.2, 0.25) is 0 Å². The van der Waals surface area contributed by atoms with Crippen LogP contribution in [0, 0.1) is 17.7 Å². The molecule has 0 radical (unpaired) electrons.